The fraction of sp³-hybridized carbons (Fsp3) is 0.429. The maximum atomic E-state index is 6.34. The Morgan fingerprint density at radius 2 is 1.92 bits per heavy atom. The first-order valence-electron chi connectivity index (χ1n) is 9.05. The van der Waals surface area contributed by atoms with Crippen LogP contribution in [-0.2, 0) is 6.42 Å². The van der Waals surface area contributed by atoms with Crippen LogP contribution in [0.25, 0.3) is 0 Å². The van der Waals surface area contributed by atoms with Crippen LogP contribution in [0.15, 0.2) is 36.4 Å². The molecule has 0 spiro atoms. The molecule has 0 bridgehead atoms. The van der Waals surface area contributed by atoms with Crippen molar-refractivity contribution in [2.75, 3.05) is 32.3 Å². The predicted molar refractivity (Wildman–Crippen MR) is 109 cm³/mol. The van der Waals surface area contributed by atoms with Gasteiger partial charge in [-0.3, -0.25) is 4.90 Å². The lowest BCUT2D eigenvalue weighted by Gasteiger charge is -2.41. The molecule has 2 aromatic carbocycles. The Hall–Kier alpha value is -1.36. The Balaban J connectivity index is 1.84. The number of benzene rings is 2. The van der Waals surface area contributed by atoms with Gasteiger partial charge in [-0.05, 0) is 59.6 Å². The molecule has 0 aliphatic carbocycles. The summed E-state index contributed by atoms with van der Waals surface area (Å²) in [5.74, 6) is 4.06. The van der Waals surface area contributed by atoms with Crippen LogP contribution in [-0.4, -0.2) is 43.2 Å². The van der Waals surface area contributed by atoms with E-state index in [1.165, 1.54) is 34.6 Å². The number of methoxy groups -OCH3 is 2. The molecule has 0 N–H and O–H groups in total. The molecule has 0 amide bonds. The molecule has 3 nitrogen and oxygen atoms in total. The molecule has 0 radical (unpaired) electrons. The summed E-state index contributed by atoms with van der Waals surface area (Å²) in [6.45, 7) is 1.06. The molecule has 2 aliphatic rings. The highest BCUT2D eigenvalue weighted by Crippen LogP contribution is 2.43. The van der Waals surface area contributed by atoms with Crippen LogP contribution in [0, 0.1) is 0 Å². The van der Waals surface area contributed by atoms with Gasteiger partial charge in [0.1, 0.15) is 0 Å². The van der Waals surface area contributed by atoms with Gasteiger partial charge in [0.2, 0.25) is 0 Å². The van der Waals surface area contributed by atoms with Gasteiger partial charge in [0, 0.05) is 23.4 Å². The number of halogens is 1. The number of thioether (sulfide) groups is 1. The second-order valence-corrected chi connectivity index (χ2v) is 8.46. The molecule has 4 rings (SSSR count). The largest absolute Gasteiger partial charge is 0.493 e. The summed E-state index contributed by atoms with van der Waals surface area (Å²) in [6.07, 6.45) is 2.29. The SMILES string of the molecule is COc1cc2c(cc1OC)C(c1cccc(Cl)c1)N(C1CCSC1)CC2. The molecule has 2 heterocycles. The molecular formula is C21H24ClNO2S. The van der Waals surface area contributed by atoms with Gasteiger partial charge in [-0.1, -0.05) is 23.7 Å². The Morgan fingerprint density at radius 1 is 1.12 bits per heavy atom. The van der Waals surface area contributed by atoms with Crippen LogP contribution in [0.4, 0.5) is 0 Å². The van der Waals surface area contributed by atoms with Crippen LogP contribution in [0.1, 0.15) is 29.2 Å². The van der Waals surface area contributed by atoms with E-state index in [9.17, 15) is 0 Å². The van der Waals surface area contributed by atoms with E-state index >= 15 is 0 Å². The maximum absolute atomic E-state index is 6.34. The number of fused-ring (bicyclic) bond motifs is 1. The van der Waals surface area contributed by atoms with Gasteiger partial charge in [0.25, 0.3) is 0 Å². The number of rotatable bonds is 4. The van der Waals surface area contributed by atoms with Gasteiger partial charge >= 0.3 is 0 Å². The summed E-state index contributed by atoms with van der Waals surface area (Å²) in [6, 6.07) is 13.4. The third-order valence-electron chi connectivity index (χ3n) is 5.45. The molecule has 5 heteroatoms. The molecule has 2 unspecified atom stereocenters. The van der Waals surface area contributed by atoms with Gasteiger partial charge in [-0.15, -0.1) is 0 Å². The summed E-state index contributed by atoms with van der Waals surface area (Å²) < 4.78 is 11.1. The fourth-order valence-corrected chi connectivity index (χ4v) is 5.62. The van der Waals surface area contributed by atoms with E-state index in [0.29, 0.717) is 6.04 Å². The number of hydrogen-bond acceptors (Lipinski definition) is 4. The molecular weight excluding hydrogens is 366 g/mol. The van der Waals surface area contributed by atoms with Crippen molar-refractivity contribution < 1.29 is 9.47 Å². The molecule has 2 aliphatic heterocycles. The van der Waals surface area contributed by atoms with Crippen LogP contribution < -0.4 is 9.47 Å². The van der Waals surface area contributed by atoms with Crippen molar-refractivity contribution >= 4 is 23.4 Å². The van der Waals surface area contributed by atoms with Gasteiger partial charge in [0.15, 0.2) is 11.5 Å². The molecule has 0 aromatic heterocycles. The lowest BCUT2D eigenvalue weighted by molar-refractivity contribution is 0.159. The summed E-state index contributed by atoms with van der Waals surface area (Å²) in [4.78, 5) is 2.67. The second kappa shape index (κ2) is 7.71. The number of ether oxygens (including phenoxy) is 2. The first-order valence-corrected chi connectivity index (χ1v) is 10.6. The van der Waals surface area contributed by atoms with Crippen molar-refractivity contribution in [2.45, 2.75) is 24.9 Å². The predicted octanol–water partition coefficient (Wildman–Crippen LogP) is 4.81. The zero-order valence-electron chi connectivity index (χ0n) is 15.2. The van der Waals surface area contributed by atoms with Crippen LogP contribution in [0.5, 0.6) is 11.5 Å². The Kier molecular flexibility index (Phi) is 5.35. The third kappa shape index (κ3) is 3.30. The highest BCUT2D eigenvalue weighted by Gasteiger charge is 2.35. The van der Waals surface area contributed by atoms with Crippen molar-refractivity contribution in [2.24, 2.45) is 0 Å². The minimum atomic E-state index is 0.209. The van der Waals surface area contributed by atoms with E-state index in [1.807, 2.05) is 12.1 Å². The molecule has 138 valence electrons. The van der Waals surface area contributed by atoms with Gasteiger partial charge in [0.05, 0.1) is 20.3 Å². The topological polar surface area (TPSA) is 21.7 Å². The van der Waals surface area contributed by atoms with Crippen LogP contribution >= 0.6 is 23.4 Å². The average Bonchev–Trinajstić information content (AvgIpc) is 3.20. The lowest BCUT2D eigenvalue weighted by atomic mass is 9.86. The molecule has 2 aromatic rings. The van der Waals surface area contributed by atoms with Crippen LogP contribution in [0.3, 0.4) is 0 Å². The van der Waals surface area contributed by atoms with Gasteiger partial charge in [-0.2, -0.15) is 11.8 Å². The highest BCUT2D eigenvalue weighted by atomic mass is 35.5. The minimum Gasteiger partial charge on any atom is -0.493 e. The maximum Gasteiger partial charge on any atom is 0.161 e. The fourth-order valence-electron chi connectivity index (χ4n) is 4.19. The summed E-state index contributed by atoms with van der Waals surface area (Å²) in [7, 11) is 3.40. The van der Waals surface area contributed by atoms with Crippen LogP contribution in [0.2, 0.25) is 5.02 Å². The third-order valence-corrected chi connectivity index (χ3v) is 6.83. The minimum absolute atomic E-state index is 0.209. The zero-order chi connectivity index (χ0) is 18.1. The second-order valence-electron chi connectivity index (χ2n) is 6.87. The molecule has 2 atom stereocenters. The zero-order valence-corrected chi connectivity index (χ0v) is 16.8. The van der Waals surface area contributed by atoms with E-state index in [4.69, 9.17) is 21.1 Å². The van der Waals surface area contributed by atoms with Crippen molar-refractivity contribution in [3.05, 3.63) is 58.1 Å². The molecule has 1 fully saturated rings. The van der Waals surface area contributed by atoms with E-state index in [0.717, 1.165) is 29.5 Å². The quantitative estimate of drug-likeness (QED) is 0.747. The van der Waals surface area contributed by atoms with Crippen molar-refractivity contribution in [1.82, 2.24) is 4.90 Å². The smallest absolute Gasteiger partial charge is 0.161 e. The van der Waals surface area contributed by atoms with Crippen molar-refractivity contribution in [3.63, 3.8) is 0 Å². The van der Waals surface area contributed by atoms with E-state index in [-0.39, 0.29) is 6.04 Å². The average molecular weight is 390 g/mol. The molecule has 1 saturated heterocycles. The highest BCUT2D eigenvalue weighted by molar-refractivity contribution is 7.99. The first-order chi connectivity index (χ1) is 12.7. The first kappa shape index (κ1) is 18.0. The standard InChI is InChI=1S/C21H24ClNO2S/c1-24-19-11-14-6-8-23(17-7-9-26-13-17)21(18(14)12-20(19)25-2)15-4-3-5-16(22)10-15/h3-5,10-12,17,21H,6-9,13H2,1-2H3. The summed E-state index contributed by atoms with van der Waals surface area (Å²) in [5.41, 5.74) is 3.91. The van der Waals surface area contributed by atoms with E-state index in [2.05, 4.69) is 40.9 Å². The lowest BCUT2D eigenvalue weighted by Crippen LogP contribution is -2.43. The summed E-state index contributed by atoms with van der Waals surface area (Å²) >= 11 is 8.40. The van der Waals surface area contributed by atoms with E-state index in [1.54, 1.807) is 14.2 Å². The monoisotopic (exact) mass is 389 g/mol. The Bertz CT molecular complexity index is 792. The van der Waals surface area contributed by atoms with Gasteiger partial charge < -0.3 is 9.47 Å². The molecule has 0 saturated carbocycles. The Labute approximate surface area is 164 Å². The Morgan fingerprint density at radius 3 is 2.62 bits per heavy atom. The number of hydrogen-bond donors (Lipinski definition) is 0. The molecule has 26 heavy (non-hydrogen) atoms. The van der Waals surface area contributed by atoms with E-state index < -0.39 is 0 Å². The summed E-state index contributed by atoms with van der Waals surface area (Å²) in [5, 5.41) is 0.788. The number of nitrogens with zero attached hydrogens (tertiary/aromatic N) is 1. The normalized spacial score (nSPS) is 22.9. The van der Waals surface area contributed by atoms with Crippen molar-refractivity contribution in [1.29, 1.82) is 0 Å². The van der Waals surface area contributed by atoms with Crippen molar-refractivity contribution in [3.8, 4) is 11.5 Å². The van der Waals surface area contributed by atoms with Gasteiger partial charge in [-0.25, -0.2) is 0 Å².